The van der Waals surface area contributed by atoms with Crippen molar-refractivity contribution in [3.8, 4) is 0 Å². The summed E-state index contributed by atoms with van der Waals surface area (Å²) in [5.41, 5.74) is 0.555. The number of aldehydes is 1. The van der Waals surface area contributed by atoms with Crippen molar-refractivity contribution >= 4 is 17.6 Å². The highest BCUT2D eigenvalue weighted by Crippen LogP contribution is 2.13. The fraction of sp³-hybridized carbons (Fsp3) is 0.692. The van der Waals surface area contributed by atoms with Gasteiger partial charge in [-0.15, -0.1) is 11.3 Å². The predicted octanol–water partition coefficient (Wildman–Crippen LogP) is 3.07. The van der Waals surface area contributed by atoms with Crippen molar-refractivity contribution in [1.29, 1.82) is 0 Å². The fourth-order valence-electron chi connectivity index (χ4n) is 1.88. The van der Waals surface area contributed by atoms with Crippen LogP contribution >= 0.6 is 11.3 Å². The maximum atomic E-state index is 10.6. The molecule has 0 saturated carbocycles. The lowest BCUT2D eigenvalue weighted by Crippen LogP contribution is -2.30. The molecule has 1 aromatic heterocycles. The fourth-order valence-corrected chi connectivity index (χ4v) is 2.66. The lowest BCUT2D eigenvalue weighted by molar-refractivity contribution is 0.111. The van der Waals surface area contributed by atoms with Crippen LogP contribution in [0.1, 0.15) is 43.2 Å². The number of rotatable bonds is 7. The molecule has 0 aliphatic rings. The van der Waals surface area contributed by atoms with Gasteiger partial charge in [-0.25, -0.2) is 4.98 Å². The number of aromatic nitrogens is 1. The van der Waals surface area contributed by atoms with Crippen LogP contribution in [0.4, 0.5) is 0 Å². The van der Waals surface area contributed by atoms with Gasteiger partial charge < -0.3 is 0 Å². The minimum atomic E-state index is 0.555. The first-order valence-corrected chi connectivity index (χ1v) is 7.01. The summed E-state index contributed by atoms with van der Waals surface area (Å²) in [6.07, 6.45) is 0.815. The highest BCUT2D eigenvalue weighted by atomic mass is 32.1. The summed E-state index contributed by atoms with van der Waals surface area (Å²) < 4.78 is 0. The Balaban J connectivity index is 2.60. The first kappa shape index (κ1) is 14.3. The van der Waals surface area contributed by atoms with E-state index >= 15 is 0 Å². The normalized spacial score (nSPS) is 11.7. The Bertz CT molecular complexity index is 337. The molecule has 0 atom stereocenters. The molecule has 0 aliphatic carbocycles. The van der Waals surface area contributed by atoms with E-state index in [0.717, 1.165) is 30.9 Å². The molecule has 96 valence electrons. The highest BCUT2D eigenvalue weighted by molar-refractivity contribution is 7.09. The first-order valence-electron chi connectivity index (χ1n) is 6.13. The zero-order chi connectivity index (χ0) is 12.8. The van der Waals surface area contributed by atoms with Gasteiger partial charge in [0.15, 0.2) is 6.29 Å². The second-order valence-corrected chi connectivity index (χ2v) is 6.21. The second-order valence-electron chi connectivity index (χ2n) is 5.27. The quantitative estimate of drug-likeness (QED) is 0.701. The van der Waals surface area contributed by atoms with Gasteiger partial charge in [0.1, 0.15) is 10.7 Å². The van der Waals surface area contributed by atoms with Gasteiger partial charge in [0.2, 0.25) is 0 Å². The zero-order valence-electron chi connectivity index (χ0n) is 11.1. The lowest BCUT2D eigenvalue weighted by atomic mass is 10.1. The number of thiazole rings is 1. The molecular formula is C13H22N2OS. The van der Waals surface area contributed by atoms with E-state index < -0.39 is 0 Å². The number of hydrogen-bond donors (Lipinski definition) is 0. The van der Waals surface area contributed by atoms with Crippen LogP contribution in [0.3, 0.4) is 0 Å². The lowest BCUT2D eigenvalue weighted by Gasteiger charge is -2.24. The standard InChI is InChI=1S/C13H22N2OS/c1-10(2)5-15(6-11(3)4)7-13-14-12(8-16)9-17-13/h8-11H,5-7H2,1-4H3. The molecule has 0 fully saturated rings. The highest BCUT2D eigenvalue weighted by Gasteiger charge is 2.12. The summed E-state index contributed by atoms with van der Waals surface area (Å²) in [5, 5.41) is 2.86. The molecule has 0 saturated heterocycles. The largest absolute Gasteiger partial charge is 0.296 e. The SMILES string of the molecule is CC(C)CN(Cc1nc(C=O)cs1)CC(C)C. The van der Waals surface area contributed by atoms with Gasteiger partial charge in [0, 0.05) is 18.5 Å². The van der Waals surface area contributed by atoms with E-state index in [2.05, 4.69) is 37.6 Å². The number of carbonyl (C=O) groups excluding carboxylic acids is 1. The Hall–Kier alpha value is -0.740. The Labute approximate surface area is 108 Å². The Morgan fingerprint density at radius 2 is 1.88 bits per heavy atom. The molecule has 0 spiro atoms. The molecule has 1 aromatic rings. The Morgan fingerprint density at radius 3 is 2.29 bits per heavy atom. The molecule has 3 nitrogen and oxygen atoms in total. The number of carbonyl (C=O) groups is 1. The third-order valence-corrected chi connectivity index (χ3v) is 3.15. The second kappa shape index (κ2) is 6.87. The van der Waals surface area contributed by atoms with Gasteiger partial charge in [-0.2, -0.15) is 0 Å². The van der Waals surface area contributed by atoms with Crippen LogP contribution in [-0.2, 0) is 6.54 Å². The molecular weight excluding hydrogens is 232 g/mol. The molecule has 0 bridgehead atoms. The van der Waals surface area contributed by atoms with Crippen molar-refractivity contribution < 1.29 is 4.79 Å². The van der Waals surface area contributed by atoms with E-state index in [1.165, 1.54) is 0 Å². The van der Waals surface area contributed by atoms with E-state index in [9.17, 15) is 4.79 Å². The minimum absolute atomic E-state index is 0.555. The van der Waals surface area contributed by atoms with E-state index in [1.54, 1.807) is 11.3 Å². The maximum absolute atomic E-state index is 10.6. The van der Waals surface area contributed by atoms with Gasteiger partial charge >= 0.3 is 0 Å². The van der Waals surface area contributed by atoms with Gasteiger partial charge in [-0.3, -0.25) is 9.69 Å². The van der Waals surface area contributed by atoms with Crippen molar-refractivity contribution in [3.05, 3.63) is 16.1 Å². The van der Waals surface area contributed by atoms with Crippen LogP contribution in [0.2, 0.25) is 0 Å². The van der Waals surface area contributed by atoms with Gasteiger partial charge in [0.05, 0.1) is 6.54 Å². The van der Waals surface area contributed by atoms with E-state index in [-0.39, 0.29) is 0 Å². The average molecular weight is 254 g/mol. The molecule has 1 rings (SSSR count). The third-order valence-electron chi connectivity index (χ3n) is 2.30. The van der Waals surface area contributed by atoms with E-state index in [1.807, 2.05) is 5.38 Å². The Morgan fingerprint density at radius 1 is 1.29 bits per heavy atom. The van der Waals surface area contributed by atoms with Crippen LogP contribution in [0.15, 0.2) is 5.38 Å². The summed E-state index contributed by atoms with van der Waals surface area (Å²) in [4.78, 5) is 17.3. The van der Waals surface area contributed by atoms with Crippen LogP contribution in [0, 0.1) is 11.8 Å². The van der Waals surface area contributed by atoms with Crippen molar-refractivity contribution in [1.82, 2.24) is 9.88 Å². The zero-order valence-corrected chi connectivity index (χ0v) is 12.0. The van der Waals surface area contributed by atoms with Crippen molar-refractivity contribution in [2.24, 2.45) is 11.8 Å². The Kier molecular flexibility index (Phi) is 5.78. The first-order chi connectivity index (χ1) is 8.01. The van der Waals surface area contributed by atoms with Crippen molar-refractivity contribution in [3.63, 3.8) is 0 Å². The van der Waals surface area contributed by atoms with Crippen molar-refractivity contribution in [2.75, 3.05) is 13.1 Å². The molecule has 0 amide bonds. The minimum Gasteiger partial charge on any atom is -0.296 e. The van der Waals surface area contributed by atoms with Crippen LogP contribution in [-0.4, -0.2) is 29.3 Å². The number of nitrogens with zero attached hydrogens (tertiary/aromatic N) is 2. The van der Waals surface area contributed by atoms with Crippen molar-refractivity contribution in [2.45, 2.75) is 34.2 Å². The number of hydrogen-bond acceptors (Lipinski definition) is 4. The smallest absolute Gasteiger partial charge is 0.169 e. The molecule has 0 aliphatic heterocycles. The van der Waals surface area contributed by atoms with Crippen LogP contribution < -0.4 is 0 Å². The van der Waals surface area contributed by atoms with E-state index in [4.69, 9.17) is 0 Å². The topological polar surface area (TPSA) is 33.2 Å². The summed E-state index contributed by atoms with van der Waals surface area (Å²) in [5.74, 6) is 1.30. The molecule has 0 radical (unpaired) electrons. The third kappa shape index (κ3) is 5.41. The monoisotopic (exact) mass is 254 g/mol. The average Bonchev–Trinajstić information content (AvgIpc) is 2.63. The molecule has 0 unspecified atom stereocenters. The summed E-state index contributed by atoms with van der Waals surface area (Å²) in [6.45, 7) is 11.9. The van der Waals surface area contributed by atoms with Gasteiger partial charge in [-0.05, 0) is 11.8 Å². The summed E-state index contributed by atoms with van der Waals surface area (Å²) in [6, 6.07) is 0. The molecule has 0 N–H and O–H groups in total. The predicted molar refractivity (Wildman–Crippen MR) is 72.5 cm³/mol. The molecule has 1 heterocycles. The molecule has 4 heteroatoms. The molecule has 0 aromatic carbocycles. The maximum Gasteiger partial charge on any atom is 0.169 e. The summed E-state index contributed by atoms with van der Waals surface area (Å²) >= 11 is 1.57. The van der Waals surface area contributed by atoms with Crippen LogP contribution in [0.25, 0.3) is 0 Å². The van der Waals surface area contributed by atoms with Crippen LogP contribution in [0.5, 0.6) is 0 Å². The summed E-state index contributed by atoms with van der Waals surface area (Å²) in [7, 11) is 0. The van der Waals surface area contributed by atoms with Gasteiger partial charge in [0.25, 0.3) is 0 Å². The van der Waals surface area contributed by atoms with Gasteiger partial charge in [-0.1, -0.05) is 27.7 Å². The molecule has 17 heavy (non-hydrogen) atoms. The van der Waals surface area contributed by atoms with E-state index in [0.29, 0.717) is 17.5 Å².